The van der Waals surface area contributed by atoms with Crippen LogP contribution in [0.15, 0.2) is 30.3 Å². The van der Waals surface area contributed by atoms with Crippen molar-refractivity contribution in [3.05, 3.63) is 35.9 Å². The highest BCUT2D eigenvalue weighted by atomic mass is 16.4. The Hall–Kier alpha value is -1.96. The van der Waals surface area contributed by atoms with Crippen LogP contribution >= 0.6 is 0 Å². The summed E-state index contributed by atoms with van der Waals surface area (Å²) in [5, 5.41) is 32.5. The summed E-state index contributed by atoms with van der Waals surface area (Å²) >= 11 is 0. The van der Waals surface area contributed by atoms with E-state index in [0.717, 1.165) is 6.42 Å². The van der Waals surface area contributed by atoms with Gasteiger partial charge in [0.15, 0.2) is 12.2 Å². The molecule has 1 aromatic rings. The molecule has 20 heavy (non-hydrogen) atoms. The minimum absolute atomic E-state index is 0.266. The molecule has 0 aliphatic rings. The molecule has 0 spiro atoms. The molecule has 0 fully saturated rings. The third kappa shape index (κ3) is 7.47. The second kappa shape index (κ2) is 9.03. The number of aliphatic hydroxyl groups excluding tert-OH is 2. The molecular weight excluding hydrogens is 266 g/mol. The van der Waals surface area contributed by atoms with Crippen LogP contribution in [-0.2, 0) is 16.0 Å². The van der Waals surface area contributed by atoms with Crippen LogP contribution in [0.25, 0.3) is 0 Å². The molecule has 0 heterocycles. The van der Waals surface area contributed by atoms with Gasteiger partial charge in [0.1, 0.15) is 0 Å². The van der Waals surface area contributed by atoms with Gasteiger partial charge < -0.3 is 26.2 Å². The van der Waals surface area contributed by atoms with Crippen LogP contribution in [0, 0.1) is 0 Å². The number of carboxylic acid groups (broad SMARTS) is 2. The molecule has 0 aromatic heterocycles. The smallest absolute Gasteiger partial charge is 0.335 e. The molecular formula is C13H19NO6. The molecule has 112 valence electrons. The second-order valence-corrected chi connectivity index (χ2v) is 4.23. The molecule has 1 aromatic carbocycles. The van der Waals surface area contributed by atoms with Crippen molar-refractivity contribution >= 4 is 11.9 Å². The average molecular weight is 285 g/mol. The first-order valence-corrected chi connectivity index (χ1v) is 5.87. The monoisotopic (exact) mass is 285 g/mol. The van der Waals surface area contributed by atoms with E-state index >= 15 is 0 Å². The van der Waals surface area contributed by atoms with Crippen molar-refractivity contribution in [1.82, 2.24) is 0 Å². The maximum atomic E-state index is 9.77. The van der Waals surface area contributed by atoms with Crippen LogP contribution in [0.1, 0.15) is 12.5 Å². The largest absolute Gasteiger partial charge is 0.479 e. The molecule has 0 radical (unpaired) electrons. The second-order valence-electron chi connectivity index (χ2n) is 4.23. The van der Waals surface area contributed by atoms with Gasteiger partial charge in [0.05, 0.1) is 0 Å². The minimum atomic E-state index is -2.27. The zero-order valence-corrected chi connectivity index (χ0v) is 11.0. The Kier molecular flexibility index (Phi) is 8.14. The molecule has 0 bridgehead atoms. The number of nitrogens with two attached hydrogens (primary N) is 1. The van der Waals surface area contributed by atoms with Gasteiger partial charge in [0.25, 0.3) is 0 Å². The summed E-state index contributed by atoms with van der Waals surface area (Å²) < 4.78 is 0. The summed E-state index contributed by atoms with van der Waals surface area (Å²) in [6, 6.07) is 10.6. The fraction of sp³-hybridized carbons (Fsp3) is 0.385. The van der Waals surface area contributed by atoms with E-state index in [9.17, 15) is 9.59 Å². The summed E-state index contributed by atoms with van der Waals surface area (Å²) in [4.78, 5) is 19.5. The molecule has 0 aliphatic heterocycles. The van der Waals surface area contributed by atoms with Gasteiger partial charge in [-0.25, -0.2) is 9.59 Å². The first-order valence-electron chi connectivity index (χ1n) is 5.87. The van der Waals surface area contributed by atoms with E-state index in [1.54, 1.807) is 0 Å². The Bertz CT molecular complexity index is 402. The SMILES string of the molecule is CC(N)Cc1ccccc1.O=C(O)[C@H](O)[C@@H](O)C(=O)O. The zero-order chi connectivity index (χ0) is 15.7. The van der Waals surface area contributed by atoms with E-state index in [1.165, 1.54) is 5.56 Å². The Morgan fingerprint density at radius 3 is 1.75 bits per heavy atom. The van der Waals surface area contributed by atoms with Gasteiger partial charge in [-0.1, -0.05) is 30.3 Å². The van der Waals surface area contributed by atoms with Gasteiger partial charge in [-0.05, 0) is 18.9 Å². The van der Waals surface area contributed by atoms with E-state index in [0.29, 0.717) is 0 Å². The highest BCUT2D eigenvalue weighted by Crippen LogP contribution is 2.00. The lowest BCUT2D eigenvalue weighted by atomic mass is 10.1. The lowest BCUT2D eigenvalue weighted by Crippen LogP contribution is -2.39. The van der Waals surface area contributed by atoms with E-state index in [4.69, 9.17) is 26.2 Å². The van der Waals surface area contributed by atoms with Gasteiger partial charge in [-0.2, -0.15) is 0 Å². The maximum Gasteiger partial charge on any atom is 0.335 e. The number of aliphatic carboxylic acids is 2. The minimum Gasteiger partial charge on any atom is -0.479 e. The van der Waals surface area contributed by atoms with Gasteiger partial charge in [0, 0.05) is 6.04 Å². The van der Waals surface area contributed by atoms with Crippen LogP contribution in [0.2, 0.25) is 0 Å². The number of rotatable bonds is 5. The lowest BCUT2D eigenvalue weighted by molar-refractivity contribution is -0.165. The topological polar surface area (TPSA) is 141 Å². The average Bonchev–Trinajstić information content (AvgIpc) is 2.38. The number of hydrogen-bond acceptors (Lipinski definition) is 5. The van der Waals surface area contributed by atoms with Crippen LogP contribution in [-0.4, -0.2) is 50.6 Å². The summed E-state index contributed by atoms with van der Waals surface area (Å²) in [5.74, 6) is -3.54. The van der Waals surface area contributed by atoms with Crippen molar-refractivity contribution in [3.8, 4) is 0 Å². The Morgan fingerprint density at radius 2 is 1.45 bits per heavy atom. The predicted octanol–water partition coefficient (Wildman–Crippen LogP) is -0.546. The fourth-order valence-electron chi connectivity index (χ4n) is 1.26. The Labute approximate surface area is 116 Å². The van der Waals surface area contributed by atoms with E-state index in [-0.39, 0.29) is 6.04 Å². The molecule has 7 heteroatoms. The number of benzene rings is 1. The van der Waals surface area contributed by atoms with Crippen molar-refractivity contribution in [2.45, 2.75) is 31.6 Å². The zero-order valence-electron chi connectivity index (χ0n) is 11.0. The third-order valence-corrected chi connectivity index (χ3v) is 2.21. The van der Waals surface area contributed by atoms with E-state index in [2.05, 4.69) is 12.1 Å². The van der Waals surface area contributed by atoms with Crippen molar-refractivity contribution in [2.75, 3.05) is 0 Å². The molecule has 0 saturated heterocycles. The molecule has 7 nitrogen and oxygen atoms in total. The highest BCUT2D eigenvalue weighted by Gasteiger charge is 2.29. The van der Waals surface area contributed by atoms with Gasteiger partial charge in [-0.15, -0.1) is 0 Å². The Balaban J connectivity index is 0.000000361. The third-order valence-electron chi connectivity index (χ3n) is 2.21. The molecule has 1 rings (SSSR count). The van der Waals surface area contributed by atoms with Crippen molar-refractivity contribution in [1.29, 1.82) is 0 Å². The molecule has 1 unspecified atom stereocenters. The van der Waals surface area contributed by atoms with Crippen molar-refractivity contribution in [2.24, 2.45) is 5.73 Å². The highest BCUT2D eigenvalue weighted by molar-refractivity contribution is 5.83. The van der Waals surface area contributed by atoms with Gasteiger partial charge in [0.2, 0.25) is 0 Å². The van der Waals surface area contributed by atoms with Crippen LogP contribution in [0.5, 0.6) is 0 Å². The first-order chi connectivity index (χ1) is 9.25. The number of hydrogen-bond donors (Lipinski definition) is 5. The summed E-state index contributed by atoms with van der Waals surface area (Å²) in [6.07, 6.45) is -3.56. The number of carbonyl (C=O) groups is 2. The van der Waals surface area contributed by atoms with Gasteiger partial charge in [-0.3, -0.25) is 0 Å². The molecule has 6 N–H and O–H groups in total. The molecule has 0 aliphatic carbocycles. The summed E-state index contributed by atoms with van der Waals surface area (Å²) in [6.45, 7) is 2.02. The fourth-order valence-corrected chi connectivity index (χ4v) is 1.26. The number of carboxylic acids is 2. The standard InChI is InChI=1S/C9H13N.C4H6O6/c1-8(10)7-9-5-3-2-4-6-9;5-1(3(7)8)2(6)4(9)10/h2-6,8H,7,10H2,1H3;1-2,5-6H,(H,7,8)(H,9,10)/t;1-,2-/m.1/s1. The van der Waals surface area contributed by atoms with Gasteiger partial charge >= 0.3 is 11.9 Å². The predicted molar refractivity (Wildman–Crippen MR) is 71.1 cm³/mol. The quantitative estimate of drug-likeness (QED) is 0.489. The van der Waals surface area contributed by atoms with Crippen LogP contribution < -0.4 is 5.73 Å². The van der Waals surface area contributed by atoms with E-state index < -0.39 is 24.1 Å². The first kappa shape index (κ1) is 18.0. The Morgan fingerprint density at radius 1 is 1.05 bits per heavy atom. The van der Waals surface area contributed by atoms with E-state index in [1.807, 2.05) is 25.1 Å². The maximum absolute atomic E-state index is 9.77. The van der Waals surface area contributed by atoms with Crippen molar-refractivity contribution < 1.29 is 30.0 Å². The summed E-state index contributed by atoms with van der Waals surface area (Å²) in [5.41, 5.74) is 6.94. The molecule has 0 saturated carbocycles. The van der Waals surface area contributed by atoms with Crippen molar-refractivity contribution in [3.63, 3.8) is 0 Å². The molecule has 0 amide bonds. The normalized spacial score (nSPS) is 14.4. The number of aliphatic hydroxyl groups is 2. The van der Waals surface area contributed by atoms with Crippen LogP contribution in [0.3, 0.4) is 0 Å². The molecule has 3 atom stereocenters. The lowest BCUT2D eigenvalue weighted by Gasteiger charge is -2.07. The summed E-state index contributed by atoms with van der Waals surface area (Å²) in [7, 11) is 0. The van der Waals surface area contributed by atoms with Crippen LogP contribution in [0.4, 0.5) is 0 Å².